The zero-order valence-electron chi connectivity index (χ0n) is 10.8. The molecule has 2 rings (SSSR count). The zero-order valence-corrected chi connectivity index (χ0v) is 10.8. The molecule has 0 saturated carbocycles. The monoisotopic (exact) mass is 308 g/mol. The van der Waals surface area contributed by atoms with Crippen LogP contribution in [0.1, 0.15) is 24.8 Å². The molecule has 21 heavy (non-hydrogen) atoms. The maximum Gasteiger partial charge on any atom is 0.417 e. The molecule has 1 heterocycles. The molecule has 0 aliphatic carbocycles. The van der Waals surface area contributed by atoms with Crippen LogP contribution in [0.3, 0.4) is 0 Å². The molecular formula is C13H12F4O4. The highest BCUT2D eigenvalue weighted by Gasteiger charge is 2.61. The van der Waals surface area contributed by atoms with E-state index in [9.17, 15) is 27.5 Å². The summed E-state index contributed by atoms with van der Waals surface area (Å²) in [5.41, 5.74) is -3.19. The number of hydrogen-bond acceptors (Lipinski definition) is 3. The van der Waals surface area contributed by atoms with Crippen LogP contribution in [0.5, 0.6) is 5.75 Å². The normalized spacial score (nSPS) is 29.6. The van der Waals surface area contributed by atoms with Gasteiger partial charge in [-0.15, -0.1) is 0 Å². The van der Waals surface area contributed by atoms with Crippen LogP contribution in [0.25, 0.3) is 0 Å². The van der Waals surface area contributed by atoms with E-state index in [-0.39, 0.29) is 0 Å². The van der Waals surface area contributed by atoms with Crippen molar-refractivity contribution in [2.45, 2.75) is 37.1 Å². The van der Waals surface area contributed by atoms with Gasteiger partial charge in [0, 0.05) is 11.5 Å². The van der Waals surface area contributed by atoms with Gasteiger partial charge in [-0.05, 0) is 25.5 Å². The summed E-state index contributed by atoms with van der Waals surface area (Å²) < 4.78 is 57.4. The third-order valence-corrected chi connectivity index (χ3v) is 3.61. The van der Waals surface area contributed by atoms with Crippen molar-refractivity contribution in [3.05, 3.63) is 29.6 Å². The third-order valence-electron chi connectivity index (χ3n) is 3.61. The molecule has 1 fully saturated rings. The highest BCUT2D eigenvalue weighted by Crippen LogP contribution is 2.51. The number of carboxylic acids is 1. The van der Waals surface area contributed by atoms with Crippen LogP contribution in [0, 0.1) is 5.82 Å². The van der Waals surface area contributed by atoms with Crippen molar-refractivity contribution in [1.29, 1.82) is 0 Å². The zero-order chi connectivity index (χ0) is 16.0. The Kier molecular flexibility index (Phi) is 3.61. The summed E-state index contributed by atoms with van der Waals surface area (Å²) in [4.78, 5) is 11.1. The van der Waals surface area contributed by atoms with Crippen molar-refractivity contribution >= 4 is 5.97 Å². The van der Waals surface area contributed by atoms with Crippen molar-refractivity contribution < 1.29 is 37.3 Å². The molecule has 8 heteroatoms. The van der Waals surface area contributed by atoms with E-state index in [4.69, 9.17) is 5.11 Å². The van der Waals surface area contributed by atoms with Crippen molar-refractivity contribution in [1.82, 2.24) is 0 Å². The first-order valence-corrected chi connectivity index (χ1v) is 6.01. The SMILES string of the molecule is C[C@]1(C(F)(F)F)C[C@@H](c2c(O)cccc2F)[C@H](C(=O)O)O1. The lowest BCUT2D eigenvalue weighted by molar-refractivity contribution is -0.263. The summed E-state index contributed by atoms with van der Waals surface area (Å²) >= 11 is 0. The Morgan fingerprint density at radius 1 is 1.43 bits per heavy atom. The van der Waals surface area contributed by atoms with Gasteiger partial charge in [0.05, 0.1) is 0 Å². The van der Waals surface area contributed by atoms with Crippen LogP contribution in [0.2, 0.25) is 0 Å². The minimum absolute atomic E-state index is 0.474. The number of rotatable bonds is 2. The molecule has 1 aliphatic heterocycles. The molecule has 0 unspecified atom stereocenters. The Morgan fingerprint density at radius 2 is 2.05 bits per heavy atom. The highest BCUT2D eigenvalue weighted by atomic mass is 19.4. The molecule has 1 saturated heterocycles. The molecule has 2 N–H and O–H groups in total. The Bertz CT molecular complexity index is 552. The first-order chi connectivity index (χ1) is 9.57. The van der Waals surface area contributed by atoms with Crippen LogP contribution in [0.4, 0.5) is 17.6 Å². The molecule has 3 atom stereocenters. The maximum atomic E-state index is 13.8. The van der Waals surface area contributed by atoms with E-state index >= 15 is 0 Å². The summed E-state index contributed by atoms with van der Waals surface area (Å²) in [6.07, 6.45) is -7.49. The number of phenolic OH excluding ortho intramolecular Hbond substituents is 1. The molecule has 0 bridgehead atoms. The number of carboxylic acid groups (broad SMARTS) is 1. The average molecular weight is 308 g/mol. The molecule has 0 radical (unpaired) electrons. The van der Waals surface area contributed by atoms with Crippen molar-refractivity contribution in [3.63, 3.8) is 0 Å². The number of halogens is 4. The van der Waals surface area contributed by atoms with Crippen LogP contribution >= 0.6 is 0 Å². The largest absolute Gasteiger partial charge is 0.508 e. The van der Waals surface area contributed by atoms with E-state index in [1.54, 1.807) is 0 Å². The molecule has 0 spiro atoms. The van der Waals surface area contributed by atoms with Crippen molar-refractivity contribution in [3.8, 4) is 5.75 Å². The quantitative estimate of drug-likeness (QED) is 0.825. The summed E-state index contributed by atoms with van der Waals surface area (Å²) in [5, 5.41) is 18.7. The molecule has 0 amide bonds. The number of alkyl halides is 3. The van der Waals surface area contributed by atoms with Crippen molar-refractivity contribution in [2.75, 3.05) is 0 Å². The number of phenols is 1. The second-order valence-corrected chi connectivity index (χ2v) is 5.09. The van der Waals surface area contributed by atoms with Gasteiger partial charge in [0.15, 0.2) is 11.7 Å². The summed E-state index contributed by atoms with van der Waals surface area (Å²) in [6.45, 7) is 0.709. The lowest BCUT2D eigenvalue weighted by atomic mass is 9.86. The summed E-state index contributed by atoms with van der Waals surface area (Å²) in [7, 11) is 0. The molecule has 116 valence electrons. The molecule has 1 aromatic rings. The predicted octanol–water partition coefficient (Wildman–Crippen LogP) is 2.81. The van der Waals surface area contributed by atoms with Crippen LogP contribution in [-0.2, 0) is 9.53 Å². The summed E-state index contributed by atoms with van der Waals surface area (Å²) in [6, 6.07) is 3.19. The molecule has 1 aromatic carbocycles. The van der Waals surface area contributed by atoms with Gasteiger partial charge in [-0.2, -0.15) is 13.2 Å². The fourth-order valence-corrected chi connectivity index (χ4v) is 2.49. The molecule has 0 aromatic heterocycles. The minimum Gasteiger partial charge on any atom is -0.508 e. The standard InChI is InChI=1S/C13H12F4O4/c1-12(13(15,16)17)5-6(10(21-12)11(19)20)9-7(14)3-2-4-8(9)18/h2-4,6,10,18H,5H2,1H3,(H,19,20)/t6-,10+,12+/m0/s1. The minimum atomic E-state index is -4.81. The number of benzene rings is 1. The average Bonchev–Trinajstić information content (AvgIpc) is 2.68. The molecule has 1 aliphatic rings. The van der Waals surface area contributed by atoms with Gasteiger partial charge < -0.3 is 14.9 Å². The second kappa shape index (κ2) is 4.87. The highest BCUT2D eigenvalue weighted by molar-refractivity contribution is 5.75. The van der Waals surface area contributed by atoms with Gasteiger partial charge in [-0.3, -0.25) is 0 Å². The Balaban J connectivity index is 2.49. The predicted molar refractivity (Wildman–Crippen MR) is 62.4 cm³/mol. The third kappa shape index (κ3) is 2.55. The van der Waals surface area contributed by atoms with Crippen LogP contribution in [-0.4, -0.2) is 34.1 Å². The fraction of sp³-hybridized carbons (Fsp3) is 0.462. The van der Waals surface area contributed by atoms with E-state index < -0.39 is 53.3 Å². The Morgan fingerprint density at radius 3 is 2.52 bits per heavy atom. The van der Waals surface area contributed by atoms with Crippen LogP contribution in [0.15, 0.2) is 18.2 Å². The van der Waals surface area contributed by atoms with Gasteiger partial charge in [0.1, 0.15) is 11.6 Å². The van der Waals surface area contributed by atoms with E-state index in [2.05, 4.69) is 4.74 Å². The smallest absolute Gasteiger partial charge is 0.417 e. The van der Waals surface area contributed by atoms with Gasteiger partial charge in [-0.25, -0.2) is 9.18 Å². The van der Waals surface area contributed by atoms with Gasteiger partial charge >= 0.3 is 12.1 Å². The van der Waals surface area contributed by atoms with Crippen LogP contribution < -0.4 is 0 Å². The lowest BCUT2D eigenvalue weighted by Crippen LogP contribution is -2.42. The van der Waals surface area contributed by atoms with Gasteiger partial charge in [0.25, 0.3) is 0 Å². The lowest BCUT2D eigenvalue weighted by Gasteiger charge is -2.26. The number of hydrogen-bond donors (Lipinski definition) is 2. The topological polar surface area (TPSA) is 66.8 Å². The first-order valence-electron chi connectivity index (χ1n) is 6.01. The maximum absolute atomic E-state index is 13.8. The number of aromatic hydroxyl groups is 1. The van der Waals surface area contributed by atoms with Gasteiger partial charge in [0.2, 0.25) is 0 Å². The first kappa shape index (κ1) is 15.6. The number of carbonyl (C=O) groups is 1. The summed E-state index contributed by atoms with van der Waals surface area (Å²) in [5.74, 6) is -4.64. The molecular weight excluding hydrogens is 296 g/mol. The fourth-order valence-electron chi connectivity index (χ4n) is 2.49. The molecule has 4 nitrogen and oxygen atoms in total. The Hall–Kier alpha value is -1.83. The van der Waals surface area contributed by atoms with E-state index in [0.29, 0.717) is 6.92 Å². The van der Waals surface area contributed by atoms with Gasteiger partial charge in [-0.1, -0.05) is 6.07 Å². The van der Waals surface area contributed by atoms with E-state index in [1.165, 1.54) is 6.07 Å². The van der Waals surface area contributed by atoms with E-state index in [0.717, 1.165) is 12.1 Å². The number of aliphatic carboxylic acids is 1. The number of ether oxygens (including phenoxy) is 1. The van der Waals surface area contributed by atoms with E-state index in [1.807, 2.05) is 0 Å². The van der Waals surface area contributed by atoms with Crippen molar-refractivity contribution in [2.24, 2.45) is 0 Å². The Labute approximate surface area is 117 Å². The second-order valence-electron chi connectivity index (χ2n) is 5.09.